The van der Waals surface area contributed by atoms with E-state index in [2.05, 4.69) is 5.32 Å². The zero-order chi connectivity index (χ0) is 22.4. The quantitative estimate of drug-likeness (QED) is 0.474. The lowest BCUT2D eigenvalue weighted by molar-refractivity contribution is -0.126. The Kier molecular flexibility index (Phi) is 7.54. The maximum Gasteiger partial charge on any atom is 0.266 e. The Morgan fingerprint density at radius 1 is 1.13 bits per heavy atom. The number of hydrogen-bond donors (Lipinski definition) is 1. The highest BCUT2D eigenvalue weighted by Crippen LogP contribution is 2.34. The molecule has 162 valence electrons. The third-order valence-electron chi connectivity index (χ3n) is 4.33. The molecule has 7 nitrogen and oxygen atoms in total. The second-order valence-electron chi connectivity index (χ2n) is 6.39. The van der Waals surface area contributed by atoms with E-state index < -0.39 is 0 Å². The summed E-state index contributed by atoms with van der Waals surface area (Å²) in [6.45, 7) is 2.30. The van der Waals surface area contributed by atoms with Gasteiger partial charge >= 0.3 is 0 Å². The summed E-state index contributed by atoms with van der Waals surface area (Å²) in [6.07, 6.45) is 1.71. The van der Waals surface area contributed by atoms with Crippen LogP contribution in [-0.4, -0.2) is 48.4 Å². The number of methoxy groups -OCH3 is 2. The van der Waals surface area contributed by atoms with Gasteiger partial charge < -0.3 is 19.5 Å². The van der Waals surface area contributed by atoms with E-state index in [1.807, 2.05) is 13.0 Å². The summed E-state index contributed by atoms with van der Waals surface area (Å²) in [5.74, 6) is 1.22. The monoisotopic (exact) mass is 458 g/mol. The fourth-order valence-electron chi connectivity index (χ4n) is 2.88. The van der Waals surface area contributed by atoms with Crippen LogP contribution in [0.1, 0.15) is 12.5 Å². The molecule has 0 atom stereocenters. The van der Waals surface area contributed by atoms with Gasteiger partial charge in [0.05, 0.1) is 25.7 Å². The lowest BCUT2D eigenvalue weighted by Crippen LogP contribution is -2.36. The summed E-state index contributed by atoms with van der Waals surface area (Å²) in [5, 5.41) is 2.76. The van der Waals surface area contributed by atoms with Gasteiger partial charge in [0, 0.05) is 5.69 Å². The number of hydrogen-bond acceptors (Lipinski definition) is 7. The first kappa shape index (κ1) is 22.6. The van der Waals surface area contributed by atoms with Gasteiger partial charge in [-0.2, -0.15) is 0 Å². The average Bonchev–Trinajstić information content (AvgIpc) is 3.02. The molecular formula is C22H22N2O5S2. The number of thiocarbonyl (C=S) groups is 1. The van der Waals surface area contributed by atoms with Crippen molar-refractivity contribution in [2.75, 3.05) is 32.7 Å². The molecule has 1 saturated heterocycles. The number of anilines is 1. The number of nitrogens with one attached hydrogen (secondary N) is 1. The fraction of sp³-hybridized carbons (Fsp3) is 0.227. The van der Waals surface area contributed by atoms with Crippen molar-refractivity contribution in [3.8, 4) is 17.2 Å². The molecular weight excluding hydrogens is 436 g/mol. The Morgan fingerprint density at radius 2 is 1.84 bits per heavy atom. The van der Waals surface area contributed by atoms with Crippen molar-refractivity contribution < 1.29 is 23.8 Å². The smallest absolute Gasteiger partial charge is 0.266 e. The summed E-state index contributed by atoms with van der Waals surface area (Å²) >= 11 is 6.47. The fourth-order valence-corrected chi connectivity index (χ4v) is 4.13. The Bertz CT molecular complexity index is 1020. The van der Waals surface area contributed by atoms with Crippen LogP contribution in [0.15, 0.2) is 47.4 Å². The zero-order valence-electron chi connectivity index (χ0n) is 17.3. The van der Waals surface area contributed by atoms with Gasteiger partial charge in [-0.3, -0.25) is 14.5 Å². The molecule has 1 aliphatic rings. The third-order valence-corrected chi connectivity index (χ3v) is 5.71. The summed E-state index contributed by atoms with van der Waals surface area (Å²) in [6, 6.07) is 12.4. The second kappa shape index (κ2) is 10.3. The second-order valence-corrected chi connectivity index (χ2v) is 8.06. The molecule has 2 aromatic carbocycles. The van der Waals surface area contributed by atoms with Gasteiger partial charge in [-0.05, 0) is 55.0 Å². The van der Waals surface area contributed by atoms with Gasteiger partial charge in [0.15, 0.2) is 11.5 Å². The van der Waals surface area contributed by atoms with Crippen molar-refractivity contribution in [1.82, 2.24) is 4.90 Å². The molecule has 3 rings (SSSR count). The predicted molar refractivity (Wildman–Crippen MR) is 126 cm³/mol. The minimum absolute atomic E-state index is 0.166. The molecule has 9 heteroatoms. The molecule has 31 heavy (non-hydrogen) atoms. The molecule has 2 amide bonds. The first-order valence-electron chi connectivity index (χ1n) is 9.45. The molecule has 0 aromatic heterocycles. The van der Waals surface area contributed by atoms with Crippen molar-refractivity contribution in [1.29, 1.82) is 0 Å². The van der Waals surface area contributed by atoms with Gasteiger partial charge in [0.1, 0.15) is 16.6 Å². The molecule has 0 spiro atoms. The summed E-state index contributed by atoms with van der Waals surface area (Å²) < 4.78 is 16.2. The lowest BCUT2D eigenvalue weighted by atomic mass is 10.2. The number of nitrogens with zero attached hydrogens (tertiary/aromatic N) is 1. The van der Waals surface area contributed by atoms with Gasteiger partial charge in [0.2, 0.25) is 5.91 Å². The number of benzene rings is 2. The van der Waals surface area contributed by atoms with E-state index in [1.165, 1.54) is 4.90 Å². The first-order chi connectivity index (χ1) is 14.9. The van der Waals surface area contributed by atoms with Crippen LogP contribution in [0.4, 0.5) is 5.69 Å². The lowest BCUT2D eigenvalue weighted by Gasteiger charge is -2.14. The molecule has 0 bridgehead atoms. The van der Waals surface area contributed by atoms with Gasteiger partial charge in [-0.15, -0.1) is 0 Å². The molecule has 0 unspecified atom stereocenters. The number of thioether (sulfide) groups is 1. The average molecular weight is 459 g/mol. The third kappa shape index (κ3) is 5.56. The van der Waals surface area contributed by atoms with Crippen LogP contribution < -0.4 is 19.5 Å². The molecule has 1 aliphatic heterocycles. The summed E-state index contributed by atoms with van der Waals surface area (Å²) in [4.78, 5) is 27.0. The largest absolute Gasteiger partial charge is 0.494 e. The number of carbonyl (C=O) groups is 2. The normalized spacial score (nSPS) is 14.7. The van der Waals surface area contributed by atoms with Crippen LogP contribution in [0, 0.1) is 0 Å². The highest BCUT2D eigenvalue weighted by molar-refractivity contribution is 8.26. The number of amides is 2. The Morgan fingerprint density at radius 3 is 2.48 bits per heavy atom. The van der Waals surface area contributed by atoms with Crippen LogP contribution in [-0.2, 0) is 9.59 Å². The first-order valence-corrected chi connectivity index (χ1v) is 10.7. The summed E-state index contributed by atoms with van der Waals surface area (Å²) in [5.41, 5.74) is 1.37. The molecule has 0 radical (unpaired) electrons. The predicted octanol–water partition coefficient (Wildman–Crippen LogP) is 3.94. The van der Waals surface area contributed by atoms with Gasteiger partial charge in [-0.25, -0.2) is 0 Å². The SMILES string of the molecule is CCOc1ccc(NC(=O)CN2C(=O)/C(=C/c3ccc(OC)c(OC)c3)SC2=S)cc1. The van der Waals surface area contributed by atoms with Crippen molar-refractivity contribution in [2.24, 2.45) is 0 Å². The van der Waals surface area contributed by atoms with Gasteiger partial charge in [0.25, 0.3) is 5.91 Å². The summed E-state index contributed by atoms with van der Waals surface area (Å²) in [7, 11) is 3.10. The zero-order valence-corrected chi connectivity index (χ0v) is 19.0. The topological polar surface area (TPSA) is 77.1 Å². The van der Waals surface area contributed by atoms with Crippen LogP contribution in [0.3, 0.4) is 0 Å². The van der Waals surface area contributed by atoms with E-state index in [9.17, 15) is 9.59 Å². The molecule has 1 heterocycles. The van der Waals surface area contributed by atoms with Crippen molar-refractivity contribution >= 4 is 51.9 Å². The molecule has 2 aromatic rings. The Balaban J connectivity index is 1.67. The maximum atomic E-state index is 12.8. The molecule has 0 aliphatic carbocycles. The highest BCUT2D eigenvalue weighted by atomic mass is 32.2. The standard InChI is InChI=1S/C22H22N2O5S2/c1-4-29-16-8-6-15(7-9-16)23-20(25)13-24-21(26)19(31-22(24)30)12-14-5-10-17(27-2)18(11-14)28-3/h5-12H,4,13H2,1-3H3,(H,23,25)/b19-12-. The number of carbonyl (C=O) groups excluding carboxylic acids is 2. The van der Waals surface area contributed by atoms with E-state index in [-0.39, 0.29) is 18.4 Å². The van der Waals surface area contributed by atoms with E-state index in [1.54, 1.807) is 56.7 Å². The van der Waals surface area contributed by atoms with E-state index in [0.29, 0.717) is 33.0 Å². The number of rotatable bonds is 8. The van der Waals surface area contributed by atoms with Crippen LogP contribution in [0.25, 0.3) is 6.08 Å². The highest BCUT2D eigenvalue weighted by Gasteiger charge is 2.33. The van der Waals surface area contributed by atoms with Crippen molar-refractivity contribution in [3.05, 3.63) is 52.9 Å². The van der Waals surface area contributed by atoms with E-state index in [4.69, 9.17) is 26.4 Å². The van der Waals surface area contributed by atoms with Crippen molar-refractivity contribution in [2.45, 2.75) is 6.92 Å². The van der Waals surface area contributed by atoms with Crippen LogP contribution >= 0.6 is 24.0 Å². The molecule has 1 N–H and O–H groups in total. The van der Waals surface area contributed by atoms with E-state index in [0.717, 1.165) is 23.1 Å². The van der Waals surface area contributed by atoms with Gasteiger partial charge in [-0.1, -0.05) is 30.0 Å². The Labute approximate surface area is 190 Å². The molecule has 0 saturated carbocycles. The van der Waals surface area contributed by atoms with Crippen LogP contribution in [0.5, 0.6) is 17.2 Å². The Hall–Kier alpha value is -3.04. The van der Waals surface area contributed by atoms with Crippen molar-refractivity contribution in [3.63, 3.8) is 0 Å². The molecule has 1 fully saturated rings. The van der Waals surface area contributed by atoms with Crippen LogP contribution in [0.2, 0.25) is 0 Å². The maximum absolute atomic E-state index is 12.8. The minimum Gasteiger partial charge on any atom is -0.494 e. The number of ether oxygens (including phenoxy) is 3. The minimum atomic E-state index is -0.340. The van der Waals surface area contributed by atoms with E-state index >= 15 is 0 Å².